The fourth-order valence-corrected chi connectivity index (χ4v) is 6.28. The van der Waals surface area contributed by atoms with Gasteiger partial charge in [-0.2, -0.15) is 4.31 Å². The lowest BCUT2D eigenvalue weighted by atomic mass is 10.1. The molecule has 0 radical (unpaired) electrons. The van der Waals surface area contributed by atoms with Gasteiger partial charge in [0.05, 0.1) is 10.6 Å². The first-order chi connectivity index (χ1) is 13.8. The van der Waals surface area contributed by atoms with Crippen LogP contribution in [0.1, 0.15) is 51.0 Å². The van der Waals surface area contributed by atoms with Crippen molar-refractivity contribution in [3.8, 4) is 5.75 Å². The van der Waals surface area contributed by atoms with Crippen LogP contribution in [-0.2, 0) is 19.6 Å². The average Bonchev–Trinajstić information content (AvgIpc) is 3.34. The fourth-order valence-electron chi connectivity index (χ4n) is 4.40. The summed E-state index contributed by atoms with van der Waals surface area (Å²) in [5.74, 6) is -0.145. The van der Waals surface area contributed by atoms with Crippen LogP contribution in [0.2, 0.25) is 0 Å². The highest BCUT2D eigenvalue weighted by Crippen LogP contribution is 2.37. The minimum Gasteiger partial charge on any atom is -0.479 e. The molecule has 0 unspecified atom stereocenters. The average molecular weight is 422 g/mol. The Morgan fingerprint density at radius 3 is 2.66 bits per heavy atom. The highest BCUT2D eigenvalue weighted by molar-refractivity contribution is 7.89. The van der Waals surface area contributed by atoms with Crippen molar-refractivity contribution in [2.75, 3.05) is 11.9 Å². The van der Waals surface area contributed by atoms with Crippen molar-refractivity contribution in [3.63, 3.8) is 0 Å². The Labute approximate surface area is 171 Å². The summed E-state index contributed by atoms with van der Waals surface area (Å²) in [5.41, 5.74) is 0.963. The minimum atomic E-state index is -3.88. The van der Waals surface area contributed by atoms with Crippen molar-refractivity contribution in [2.24, 2.45) is 0 Å². The van der Waals surface area contributed by atoms with E-state index < -0.39 is 22.2 Å². The number of fused-ring (bicyclic) bond motifs is 1. The molecule has 2 atom stereocenters. The van der Waals surface area contributed by atoms with Gasteiger partial charge in [-0.25, -0.2) is 8.42 Å². The zero-order valence-corrected chi connectivity index (χ0v) is 17.5. The maximum atomic E-state index is 13.4. The lowest BCUT2D eigenvalue weighted by Crippen LogP contribution is -2.48. The molecular weight excluding hydrogens is 394 g/mol. The molecule has 3 aliphatic rings. The highest BCUT2D eigenvalue weighted by Gasteiger charge is 2.41. The molecule has 2 amide bonds. The van der Waals surface area contributed by atoms with Gasteiger partial charge in [0.25, 0.3) is 5.91 Å². The Kier molecular flexibility index (Phi) is 5.29. The number of carbonyl (C=O) groups is 2. The van der Waals surface area contributed by atoms with Gasteiger partial charge in [0.2, 0.25) is 15.9 Å². The Morgan fingerprint density at radius 2 is 1.93 bits per heavy atom. The van der Waals surface area contributed by atoms with Gasteiger partial charge in [0, 0.05) is 18.7 Å². The lowest BCUT2D eigenvalue weighted by molar-refractivity contribution is -0.125. The van der Waals surface area contributed by atoms with Crippen molar-refractivity contribution < 1.29 is 22.7 Å². The third-order valence-corrected chi connectivity index (χ3v) is 8.05. The van der Waals surface area contributed by atoms with Crippen molar-refractivity contribution in [1.82, 2.24) is 9.62 Å². The van der Waals surface area contributed by atoms with E-state index in [1.165, 1.54) is 10.4 Å². The van der Waals surface area contributed by atoms with Crippen LogP contribution in [0.4, 0.5) is 5.69 Å². The van der Waals surface area contributed by atoms with Crippen molar-refractivity contribution in [3.05, 3.63) is 17.7 Å². The van der Waals surface area contributed by atoms with E-state index in [-0.39, 0.29) is 22.8 Å². The van der Waals surface area contributed by atoms with Crippen LogP contribution in [0.15, 0.2) is 17.0 Å². The topological polar surface area (TPSA) is 105 Å². The summed E-state index contributed by atoms with van der Waals surface area (Å²) < 4.78 is 33.8. The normalized spacial score (nSPS) is 25.4. The summed E-state index contributed by atoms with van der Waals surface area (Å²) in [4.78, 5) is 24.7. The van der Waals surface area contributed by atoms with E-state index in [0.717, 1.165) is 25.7 Å². The van der Waals surface area contributed by atoms with Crippen LogP contribution in [0, 0.1) is 6.92 Å². The van der Waals surface area contributed by atoms with Gasteiger partial charge in [-0.05, 0) is 51.2 Å². The molecule has 0 aromatic heterocycles. The maximum Gasteiger partial charge on any atom is 0.265 e. The fraction of sp³-hybridized carbons (Fsp3) is 0.600. The molecule has 1 aromatic carbocycles. The number of nitrogens with one attached hydrogen (secondary N) is 2. The smallest absolute Gasteiger partial charge is 0.265 e. The number of sulfonamides is 1. The van der Waals surface area contributed by atoms with Crippen LogP contribution in [0.25, 0.3) is 0 Å². The summed E-state index contributed by atoms with van der Waals surface area (Å²) in [6.45, 7) is 3.60. The molecule has 0 spiro atoms. The van der Waals surface area contributed by atoms with E-state index >= 15 is 0 Å². The molecule has 2 aliphatic heterocycles. The third kappa shape index (κ3) is 3.73. The van der Waals surface area contributed by atoms with Crippen molar-refractivity contribution >= 4 is 27.5 Å². The lowest BCUT2D eigenvalue weighted by Gasteiger charge is -2.28. The molecule has 1 saturated carbocycles. The number of rotatable bonds is 4. The first-order valence-corrected chi connectivity index (χ1v) is 11.7. The van der Waals surface area contributed by atoms with E-state index in [9.17, 15) is 18.0 Å². The maximum absolute atomic E-state index is 13.4. The van der Waals surface area contributed by atoms with Crippen molar-refractivity contribution in [2.45, 2.75) is 75.5 Å². The zero-order chi connectivity index (χ0) is 20.8. The van der Waals surface area contributed by atoms with Gasteiger partial charge < -0.3 is 15.4 Å². The standard InChI is InChI=1S/C20H27N3O5S/c1-12-10-15-17(28-13(2)19(24)22-15)11-18(12)29(26,27)23-9-5-8-16(23)20(25)21-14-6-3-4-7-14/h10-11,13-14,16H,3-9H2,1-2H3,(H,21,25)(H,22,24)/t13-,16+/m0/s1. The zero-order valence-electron chi connectivity index (χ0n) is 16.7. The Bertz CT molecular complexity index is 940. The van der Waals surface area contributed by atoms with Gasteiger partial charge >= 0.3 is 0 Å². The molecule has 4 rings (SSSR count). The van der Waals surface area contributed by atoms with E-state index in [1.807, 2.05) is 0 Å². The second kappa shape index (κ2) is 7.60. The SMILES string of the molecule is Cc1cc2c(cc1S(=O)(=O)N1CCC[C@@H]1C(=O)NC1CCCC1)O[C@@H](C)C(=O)N2. The summed E-state index contributed by atoms with van der Waals surface area (Å²) in [6, 6.07) is 2.53. The summed E-state index contributed by atoms with van der Waals surface area (Å²) in [7, 11) is -3.88. The van der Waals surface area contributed by atoms with Crippen LogP contribution >= 0.6 is 0 Å². The number of carbonyl (C=O) groups excluding carboxylic acids is 2. The van der Waals surface area contributed by atoms with Gasteiger partial charge in [-0.3, -0.25) is 9.59 Å². The number of aryl methyl sites for hydroxylation is 1. The van der Waals surface area contributed by atoms with E-state index in [0.29, 0.717) is 36.4 Å². The van der Waals surface area contributed by atoms with E-state index in [1.54, 1.807) is 19.9 Å². The first kappa shape index (κ1) is 20.2. The number of benzene rings is 1. The quantitative estimate of drug-likeness (QED) is 0.773. The predicted molar refractivity (Wildman–Crippen MR) is 107 cm³/mol. The Morgan fingerprint density at radius 1 is 1.21 bits per heavy atom. The van der Waals surface area contributed by atoms with Gasteiger partial charge in [0.15, 0.2) is 6.10 Å². The van der Waals surface area contributed by atoms with Gasteiger partial charge in [-0.1, -0.05) is 12.8 Å². The highest BCUT2D eigenvalue weighted by atomic mass is 32.2. The molecule has 8 nitrogen and oxygen atoms in total. The first-order valence-electron chi connectivity index (χ1n) is 10.2. The van der Waals surface area contributed by atoms with E-state index in [4.69, 9.17) is 4.74 Å². The summed E-state index contributed by atoms with van der Waals surface area (Å²) >= 11 is 0. The molecular formula is C20H27N3O5S. The number of nitrogens with zero attached hydrogens (tertiary/aromatic N) is 1. The number of hydrogen-bond donors (Lipinski definition) is 2. The molecule has 1 aromatic rings. The molecule has 1 aliphatic carbocycles. The molecule has 2 N–H and O–H groups in total. The van der Waals surface area contributed by atoms with Crippen molar-refractivity contribution in [1.29, 1.82) is 0 Å². The number of anilines is 1. The van der Waals surface area contributed by atoms with Crippen LogP contribution in [0.5, 0.6) is 5.75 Å². The van der Waals surface area contributed by atoms with Crippen LogP contribution in [-0.4, -0.2) is 49.3 Å². The largest absolute Gasteiger partial charge is 0.479 e. The number of amides is 2. The monoisotopic (exact) mass is 421 g/mol. The second-order valence-electron chi connectivity index (χ2n) is 8.13. The summed E-state index contributed by atoms with van der Waals surface area (Å²) in [6.07, 6.45) is 4.58. The molecule has 158 valence electrons. The van der Waals surface area contributed by atoms with Crippen LogP contribution < -0.4 is 15.4 Å². The molecule has 0 bridgehead atoms. The van der Waals surface area contributed by atoms with Gasteiger partial charge in [-0.15, -0.1) is 0 Å². The second-order valence-corrected chi connectivity index (χ2v) is 9.99. The molecule has 9 heteroatoms. The molecule has 29 heavy (non-hydrogen) atoms. The number of ether oxygens (including phenoxy) is 1. The summed E-state index contributed by atoms with van der Waals surface area (Å²) in [5, 5.41) is 5.76. The molecule has 2 heterocycles. The predicted octanol–water partition coefficient (Wildman–Crippen LogP) is 1.93. The third-order valence-electron chi connectivity index (χ3n) is 6.00. The Balaban J connectivity index is 1.61. The Hall–Kier alpha value is -2.13. The van der Waals surface area contributed by atoms with Gasteiger partial charge in [0.1, 0.15) is 11.8 Å². The molecule has 1 saturated heterocycles. The number of hydrogen-bond acceptors (Lipinski definition) is 5. The van der Waals surface area contributed by atoms with Crippen LogP contribution in [0.3, 0.4) is 0 Å². The molecule has 2 fully saturated rings. The minimum absolute atomic E-state index is 0.111. The van der Waals surface area contributed by atoms with E-state index in [2.05, 4.69) is 10.6 Å².